The molecule has 0 spiro atoms. The molecule has 0 aromatic heterocycles. The van der Waals surface area contributed by atoms with Crippen LogP contribution in [0.2, 0.25) is 0 Å². The smallest absolute Gasteiger partial charge is 0.262 e. The first-order valence-electron chi connectivity index (χ1n) is 10.6. The summed E-state index contributed by atoms with van der Waals surface area (Å²) in [5.41, 5.74) is 1.65. The van der Waals surface area contributed by atoms with Gasteiger partial charge in [0.1, 0.15) is 5.75 Å². The number of hydrogen-bond acceptors (Lipinski definition) is 6. The number of ether oxygens (including phenoxy) is 1. The molecule has 1 amide bonds. The monoisotopic (exact) mass is 458 g/mol. The number of rotatable bonds is 11. The molecule has 0 fully saturated rings. The van der Waals surface area contributed by atoms with Crippen LogP contribution in [0.15, 0.2) is 47.4 Å². The van der Waals surface area contributed by atoms with Gasteiger partial charge in [-0.1, -0.05) is 13.8 Å². The zero-order chi connectivity index (χ0) is 23.7. The van der Waals surface area contributed by atoms with Gasteiger partial charge in [0, 0.05) is 26.2 Å². The Morgan fingerprint density at radius 2 is 1.62 bits per heavy atom. The normalized spacial score (nSPS) is 11.1. The highest BCUT2D eigenvalue weighted by Crippen LogP contribution is 2.30. The number of nitriles is 1. The van der Waals surface area contributed by atoms with Crippen molar-refractivity contribution in [3.05, 3.63) is 48.0 Å². The maximum Gasteiger partial charge on any atom is 0.262 e. The van der Waals surface area contributed by atoms with E-state index in [1.165, 1.54) is 10.4 Å². The van der Waals surface area contributed by atoms with E-state index in [1.807, 2.05) is 24.8 Å². The molecule has 172 valence electrons. The molecule has 0 saturated heterocycles. The predicted octanol–water partition coefficient (Wildman–Crippen LogP) is 3.45. The van der Waals surface area contributed by atoms with Gasteiger partial charge < -0.3 is 15.0 Å². The first-order chi connectivity index (χ1) is 15.3. The van der Waals surface area contributed by atoms with Crippen LogP contribution in [-0.2, 0) is 14.8 Å². The second-order valence-electron chi connectivity index (χ2n) is 6.91. The Morgan fingerprint density at radius 3 is 2.16 bits per heavy atom. The fourth-order valence-corrected chi connectivity index (χ4v) is 4.77. The van der Waals surface area contributed by atoms with Crippen LogP contribution in [0.5, 0.6) is 5.75 Å². The minimum atomic E-state index is -3.67. The quantitative estimate of drug-likeness (QED) is 0.553. The van der Waals surface area contributed by atoms with Crippen molar-refractivity contribution in [2.24, 2.45) is 0 Å². The maximum absolute atomic E-state index is 13.0. The summed E-state index contributed by atoms with van der Waals surface area (Å²) in [4.78, 5) is 14.8. The second kappa shape index (κ2) is 11.5. The van der Waals surface area contributed by atoms with E-state index in [1.54, 1.807) is 50.2 Å². The summed E-state index contributed by atoms with van der Waals surface area (Å²) in [5, 5.41) is 11.7. The fraction of sp³-hybridized carbons (Fsp3) is 0.391. The van der Waals surface area contributed by atoms with Gasteiger partial charge in [0.05, 0.1) is 27.9 Å². The number of hydrogen-bond donors (Lipinski definition) is 1. The molecule has 0 heterocycles. The molecule has 2 rings (SSSR count). The molecular weight excluding hydrogens is 428 g/mol. The standard InChI is InChI=1S/C23H30N4O4S/c1-5-26(6-2)22-14-13-20(32(29,30)27(7-3)8-4)15-21(22)25-23(28)17-31-19-11-9-18(16-24)10-12-19/h9-15H,5-8,17H2,1-4H3,(H,25,28). The molecule has 8 nitrogen and oxygen atoms in total. The van der Waals surface area contributed by atoms with E-state index < -0.39 is 15.9 Å². The Hall–Kier alpha value is -3.09. The molecule has 2 aromatic rings. The Bertz CT molecular complexity index is 1050. The van der Waals surface area contributed by atoms with Crippen LogP contribution in [0.4, 0.5) is 11.4 Å². The summed E-state index contributed by atoms with van der Waals surface area (Å²) in [6.45, 7) is 9.41. The lowest BCUT2D eigenvalue weighted by Crippen LogP contribution is -2.31. The average molecular weight is 459 g/mol. The molecule has 32 heavy (non-hydrogen) atoms. The average Bonchev–Trinajstić information content (AvgIpc) is 2.80. The van der Waals surface area contributed by atoms with Gasteiger partial charge in [-0.15, -0.1) is 0 Å². The van der Waals surface area contributed by atoms with Gasteiger partial charge in [-0.05, 0) is 56.3 Å². The van der Waals surface area contributed by atoms with Crippen molar-refractivity contribution in [2.75, 3.05) is 43.0 Å². The first-order valence-corrected chi connectivity index (χ1v) is 12.1. The Kier molecular flexibility index (Phi) is 9.05. The van der Waals surface area contributed by atoms with Gasteiger partial charge in [0.15, 0.2) is 6.61 Å². The van der Waals surface area contributed by atoms with Gasteiger partial charge in [-0.25, -0.2) is 8.42 Å². The van der Waals surface area contributed by atoms with Crippen molar-refractivity contribution in [3.8, 4) is 11.8 Å². The van der Waals surface area contributed by atoms with Crippen molar-refractivity contribution in [1.82, 2.24) is 4.31 Å². The predicted molar refractivity (Wildman–Crippen MR) is 125 cm³/mol. The van der Waals surface area contributed by atoms with Crippen molar-refractivity contribution >= 4 is 27.3 Å². The van der Waals surface area contributed by atoms with E-state index in [0.29, 0.717) is 43.2 Å². The third-order valence-corrected chi connectivity index (χ3v) is 7.09. The fourth-order valence-electron chi connectivity index (χ4n) is 3.29. The number of amides is 1. The highest BCUT2D eigenvalue weighted by molar-refractivity contribution is 7.89. The zero-order valence-corrected chi connectivity index (χ0v) is 19.8. The minimum Gasteiger partial charge on any atom is -0.484 e. The summed E-state index contributed by atoms with van der Waals surface area (Å²) in [6.07, 6.45) is 0. The van der Waals surface area contributed by atoms with E-state index in [2.05, 4.69) is 5.32 Å². The maximum atomic E-state index is 13.0. The van der Waals surface area contributed by atoms with Gasteiger partial charge in [-0.2, -0.15) is 9.57 Å². The molecule has 1 N–H and O–H groups in total. The second-order valence-corrected chi connectivity index (χ2v) is 8.85. The van der Waals surface area contributed by atoms with Crippen LogP contribution in [0.1, 0.15) is 33.3 Å². The molecule has 0 saturated carbocycles. The largest absolute Gasteiger partial charge is 0.484 e. The molecule has 2 aromatic carbocycles. The molecule has 0 bridgehead atoms. The molecule has 0 radical (unpaired) electrons. The molecule has 0 atom stereocenters. The Balaban J connectivity index is 2.29. The van der Waals surface area contributed by atoms with E-state index in [9.17, 15) is 13.2 Å². The van der Waals surface area contributed by atoms with Crippen molar-refractivity contribution < 1.29 is 17.9 Å². The number of carbonyl (C=O) groups excluding carboxylic acids is 1. The lowest BCUT2D eigenvalue weighted by atomic mass is 10.2. The number of anilines is 2. The van der Waals surface area contributed by atoms with Crippen molar-refractivity contribution in [2.45, 2.75) is 32.6 Å². The van der Waals surface area contributed by atoms with Crippen molar-refractivity contribution in [3.63, 3.8) is 0 Å². The van der Waals surface area contributed by atoms with Crippen molar-refractivity contribution in [1.29, 1.82) is 5.26 Å². The van der Waals surface area contributed by atoms with Gasteiger partial charge in [0.2, 0.25) is 10.0 Å². The SMILES string of the molecule is CCN(CC)c1ccc(S(=O)(=O)N(CC)CC)cc1NC(=O)COc1ccc(C#N)cc1. The lowest BCUT2D eigenvalue weighted by molar-refractivity contribution is -0.118. The topological polar surface area (TPSA) is 103 Å². The summed E-state index contributed by atoms with van der Waals surface area (Å²) in [6, 6.07) is 13.3. The third kappa shape index (κ3) is 5.99. The van der Waals surface area contributed by atoms with Gasteiger partial charge in [-0.3, -0.25) is 4.79 Å². The molecule has 0 aliphatic rings. The molecule has 0 aliphatic heterocycles. The molecular formula is C23H30N4O4S. The number of carbonyl (C=O) groups is 1. The minimum absolute atomic E-state index is 0.125. The number of nitrogens with one attached hydrogen (secondary N) is 1. The van der Waals surface area contributed by atoms with Crippen LogP contribution in [0.3, 0.4) is 0 Å². The van der Waals surface area contributed by atoms with Crippen LogP contribution in [0, 0.1) is 11.3 Å². The van der Waals surface area contributed by atoms with Crippen LogP contribution in [0.25, 0.3) is 0 Å². The number of nitrogens with zero attached hydrogens (tertiary/aromatic N) is 3. The van der Waals surface area contributed by atoms with Gasteiger partial charge in [0.25, 0.3) is 5.91 Å². The van der Waals surface area contributed by atoms with Crippen LogP contribution >= 0.6 is 0 Å². The van der Waals surface area contributed by atoms with E-state index in [4.69, 9.17) is 10.00 Å². The highest BCUT2D eigenvalue weighted by Gasteiger charge is 2.24. The summed E-state index contributed by atoms with van der Waals surface area (Å²) in [5.74, 6) is 0.0427. The van der Waals surface area contributed by atoms with Crippen LogP contribution < -0.4 is 15.0 Å². The third-order valence-electron chi connectivity index (χ3n) is 5.04. The Labute approximate surface area is 190 Å². The molecule has 9 heteroatoms. The molecule has 0 aliphatic carbocycles. The van der Waals surface area contributed by atoms with E-state index in [0.717, 1.165) is 5.69 Å². The summed E-state index contributed by atoms with van der Waals surface area (Å²) < 4.78 is 32.8. The number of sulfonamides is 1. The first kappa shape index (κ1) is 25.2. The highest BCUT2D eigenvalue weighted by atomic mass is 32.2. The lowest BCUT2D eigenvalue weighted by Gasteiger charge is -2.26. The summed E-state index contributed by atoms with van der Waals surface area (Å²) in [7, 11) is -3.67. The van der Waals surface area contributed by atoms with Gasteiger partial charge >= 0.3 is 0 Å². The summed E-state index contributed by atoms with van der Waals surface area (Å²) >= 11 is 0. The Morgan fingerprint density at radius 1 is 1.00 bits per heavy atom. The van der Waals surface area contributed by atoms with E-state index in [-0.39, 0.29) is 11.5 Å². The zero-order valence-electron chi connectivity index (χ0n) is 19.0. The number of benzene rings is 2. The van der Waals surface area contributed by atoms with Crippen LogP contribution in [-0.4, -0.2) is 51.4 Å². The molecule has 0 unspecified atom stereocenters. The van der Waals surface area contributed by atoms with E-state index >= 15 is 0 Å².